The normalized spacial score (nSPS) is 19.7. The number of hydrogen-bond acceptors (Lipinski definition) is 3. The molecule has 2 heterocycles. The van der Waals surface area contributed by atoms with E-state index in [0.717, 1.165) is 32.1 Å². The highest BCUT2D eigenvalue weighted by Crippen LogP contribution is 2.30. The number of benzene rings is 1. The lowest BCUT2D eigenvalue weighted by Gasteiger charge is -2.34. The van der Waals surface area contributed by atoms with E-state index < -0.39 is 5.97 Å². The Kier molecular flexibility index (Phi) is 4.44. The minimum Gasteiger partial charge on any atom is -0.481 e. The quantitative estimate of drug-likeness (QED) is 0.902. The lowest BCUT2D eigenvalue weighted by atomic mass is 9.96. The molecule has 0 spiro atoms. The first kappa shape index (κ1) is 14.4. The van der Waals surface area contributed by atoms with Gasteiger partial charge in [0.2, 0.25) is 0 Å². The van der Waals surface area contributed by atoms with Crippen LogP contribution in [0.25, 0.3) is 0 Å². The van der Waals surface area contributed by atoms with Gasteiger partial charge in [0.15, 0.2) is 0 Å². The number of piperidine rings is 1. The summed E-state index contributed by atoms with van der Waals surface area (Å²) < 4.78 is 0. The average Bonchev–Trinajstić information content (AvgIpc) is 2.90. The van der Waals surface area contributed by atoms with E-state index in [2.05, 4.69) is 34.1 Å². The molecule has 3 rings (SSSR count). The van der Waals surface area contributed by atoms with Crippen LogP contribution < -0.4 is 4.90 Å². The Bertz CT molecular complexity index is 495. The molecule has 1 N–H and O–H groups in total. The molecule has 0 atom stereocenters. The zero-order valence-corrected chi connectivity index (χ0v) is 12.5. The summed E-state index contributed by atoms with van der Waals surface area (Å²) >= 11 is 0. The zero-order chi connectivity index (χ0) is 14.7. The van der Waals surface area contributed by atoms with Crippen molar-refractivity contribution in [2.75, 3.05) is 37.6 Å². The van der Waals surface area contributed by atoms with Gasteiger partial charge in [0.05, 0.1) is 6.42 Å². The minimum absolute atomic E-state index is 0.268. The third kappa shape index (κ3) is 3.56. The number of fused-ring (bicyclic) bond motifs is 1. The van der Waals surface area contributed by atoms with Gasteiger partial charge in [-0.3, -0.25) is 4.79 Å². The number of carboxylic acids is 1. The van der Waals surface area contributed by atoms with Crippen LogP contribution in [0, 0.1) is 5.92 Å². The predicted molar refractivity (Wildman–Crippen MR) is 83.8 cm³/mol. The number of carbonyl (C=O) groups is 1. The van der Waals surface area contributed by atoms with Crippen molar-refractivity contribution >= 4 is 11.7 Å². The largest absolute Gasteiger partial charge is 0.481 e. The molecule has 4 nitrogen and oxygen atoms in total. The molecule has 0 aliphatic carbocycles. The van der Waals surface area contributed by atoms with Crippen LogP contribution in [0.15, 0.2) is 24.3 Å². The monoisotopic (exact) mass is 288 g/mol. The van der Waals surface area contributed by atoms with Crippen molar-refractivity contribution < 1.29 is 9.90 Å². The van der Waals surface area contributed by atoms with Crippen molar-refractivity contribution in [2.45, 2.75) is 25.7 Å². The van der Waals surface area contributed by atoms with E-state index >= 15 is 0 Å². The Hall–Kier alpha value is -1.55. The second-order valence-electron chi connectivity index (χ2n) is 6.25. The molecule has 0 bridgehead atoms. The van der Waals surface area contributed by atoms with Crippen LogP contribution in [-0.4, -0.2) is 48.7 Å². The van der Waals surface area contributed by atoms with Gasteiger partial charge in [-0.15, -0.1) is 0 Å². The highest BCUT2D eigenvalue weighted by atomic mass is 16.4. The number of nitrogens with zero attached hydrogens (tertiary/aromatic N) is 2. The summed E-state index contributed by atoms with van der Waals surface area (Å²) in [7, 11) is 0. The van der Waals surface area contributed by atoms with Crippen molar-refractivity contribution in [2.24, 2.45) is 5.92 Å². The summed E-state index contributed by atoms with van der Waals surface area (Å²) in [6.07, 6.45) is 3.83. The molecule has 2 aliphatic heterocycles. The maximum atomic E-state index is 10.6. The summed E-state index contributed by atoms with van der Waals surface area (Å²) in [6.45, 7) is 5.11. The summed E-state index contributed by atoms with van der Waals surface area (Å²) in [4.78, 5) is 15.4. The van der Waals surface area contributed by atoms with Crippen LogP contribution in [0.3, 0.4) is 0 Å². The molecule has 1 aromatic carbocycles. The third-order valence-electron chi connectivity index (χ3n) is 4.81. The first-order valence-corrected chi connectivity index (χ1v) is 7.99. The van der Waals surface area contributed by atoms with Gasteiger partial charge >= 0.3 is 5.97 Å². The summed E-state index contributed by atoms with van der Waals surface area (Å²) in [5, 5.41) is 8.75. The number of likely N-dealkylation sites (tertiary alicyclic amines) is 1. The van der Waals surface area contributed by atoms with Crippen LogP contribution in [0.2, 0.25) is 0 Å². The molecule has 0 saturated carbocycles. The molecule has 2 aliphatic rings. The van der Waals surface area contributed by atoms with Gasteiger partial charge < -0.3 is 14.9 Å². The number of para-hydroxylation sites is 1. The standard InChI is InChI=1S/C17H24N2O2/c20-17(21)8-11-18-9-5-14(6-10-18)13-19-12-7-15-3-1-2-4-16(15)19/h1-4,14H,5-13H2,(H,20,21). The SMILES string of the molecule is O=C(O)CCN1CCC(CN2CCc3ccccc32)CC1. The molecule has 4 heteroatoms. The van der Waals surface area contributed by atoms with E-state index in [1.165, 1.54) is 30.5 Å². The van der Waals surface area contributed by atoms with E-state index in [-0.39, 0.29) is 6.42 Å². The minimum atomic E-state index is -0.689. The lowest BCUT2D eigenvalue weighted by molar-refractivity contribution is -0.137. The van der Waals surface area contributed by atoms with E-state index in [9.17, 15) is 4.79 Å². The number of aliphatic carboxylic acids is 1. The molecule has 1 fully saturated rings. The molecular weight excluding hydrogens is 264 g/mol. The predicted octanol–water partition coefficient (Wildman–Crippen LogP) is 2.24. The zero-order valence-electron chi connectivity index (χ0n) is 12.5. The maximum absolute atomic E-state index is 10.6. The van der Waals surface area contributed by atoms with Gasteiger partial charge in [-0.1, -0.05) is 18.2 Å². The molecule has 21 heavy (non-hydrogen) atoms. The molecule has 0 amide bonds. The molecule has 0 radical (unpaired) electrons. The summed E-state index contributed by atoms with van der Waals surface area (Å²) in [5.74, 6) is 0.0584. The first-order chi connectivity index (χ1) is 10.2. The van der Waals surface area contributed by atoms with Crippen LogP contribution >= 0.6 is 0 Å². The third-order valence-corrected chi connectivity index (χ3v) is 4.81. The number of hydrogen-bond donors (Lipinski definition) is 1. The Morgan fingerprint density at radius 2 is 1.95 bits per heavy atom. The van der Waals surface area contributed by atoms with Gasteiger partial charge in [-0.25, -0.2) is 0 Å². The lowest BCUT2D eigenvalue weighted by Crippen LogP contribution is -2.39. The van der Waals surface area contributed by atoms with Crippen LogP contribution in [0.4, 0.5) is 5.69 Å². The van der Waals surface area contributed by atoms with E-state index in [1.807, 2.05) is 0 Å². The average molecular weight is 288 g/mol. The highest BCUT2D eigenvalue weighted by Gasteiger charge is 2.25. The smallest absolute Gasteiger partial charge is 0.304 e. The van der Waals surface area contributed by atoms with E-state index in [1.54, 1.807) is 0 Å². The first-order valence-electron chi connectivity index (χ1n) is 7.99. The number of anilines is 1. The molecule has 0 unspecified atom stereocenters. The van der Waals surface area contributed by atoms with Crippen molar-refractivity contribution in [1.82, 2.24) is 4.90 Å². The van der Waals surface area contributed by atoms with E-state index in [0.29, 0.717) is 6.54 Å². The van der Waals surface area contributed by atoms with Gasteiger partial charge in [-0.05, 0) is 49.9 Å². The molecule has 1 saturated heterocycles. The number of rotatable bonds is 5. The topological polar surface area (TPSA) is 43.8 Å². The van der Waals surface area contributed by atoms with Crippen molar-refractivity contribution in [3.8, 4) is 0 Å². The highest BCUT2D eigenvalue weighted by molar-refractivity contribution is 5.66. The Labute approximate surface area is 126 Å². The second-order valence-corrected chi connectivity index (χ2v) is 6.25. The fourth-order valence-corrected chi connectivity index (χ4v) is 3.55. The van der Waals surface area contributed by atoms with Gasteiger partial charge in [0, 0.05) is 25.3 Å². The molecule has 1 aromatic rings. The Balaban J connectivity index is 1.47. The Morgan fingerprint density at radius 3 is 2.71 bits per heavy atom. The van der Waals surface area contributed by atoms with Gasteiger partial charge in [0.25, 0.3) is 0 Å². The Morgan fingerprint density at radius 1 is 1.19 bits per heavy atom. The van der Waals surface area contributed by atoms with Crippen molar-refractivity contribution in [3.63, 3.8) is 0 Å². The molecule has 0 aromatic heterocycles. The molecule has 114 valence electrons. The second kappa shape index (κ2) is 6.48. The van der Waals surface area contributed by atoms with E-state index in [4.69, 9.17) is 5.11 Å². The summed E-state index contributed by atoms with van der Waals surface area (Å²) in [6, 6.07) is 8.74. The molecular formula is C17H24N2O2. The maximum Gasteiger partial charge on any atom is 0.304 e. The van der Waals surface area contributed by atoms with Gasteiger partial charge in [0.1, 0.15) is 0 Å². The fourth-order valence-electron chi connectivity index (χ4n) is 3.55. The number of carboxylic acid groups (broad SMARTS) is 1. The van der Waals surface area contributed by atoms with Crippen LogP contribution in [0.1, 0.15) is 24.8 Å². The fraction of sp³-hybridized carbons (Fsp3) is 0.588. The summed E-state index contributed by atoms with van der Waals surface area (Å²) in [5.41, 5.74) is 2.90. The van der Waals surface area contributed by atoms with Crippen LogP contribution in [-0.2, 0) is 11.2 Å². The van der Waals surface area contributed by atoms with Crippen molar-refractivity contribution in [3.05, 3.63) is 29.8 Å². The van der Waals surface area contributed by atoms with Crippen LogP contribution in [0.5, 0.6) is 0 Å². The van der Waals surface area contributed by atoms with Crippen molar-refractivity contribution in [1.29, 1.82) is 0 Å². The van der Waals surface area contributed by atoms with Gasteiger partial charge in [-0.2, -0.15) is 0 Å².